The van der Waals surface area contributed by atoms with Gasteiger partial charge in [-0.3, -0.25) is 0 Å². The van der Waals surface area contributed by atoms with Gasteiger partial charge in [-0.2, -0.15) is 0 Å². The molecule has 0 aliphatic carbocycles. The van der Waals surface area contributed by atoms with Crippen LogP contribution >= 0.6 is 11.6 Å². The van der Waals surface area contributed by atoms with Crippen molar-refractivity contribution in [2.75, 3.05) is 17.7 Å². The van der Waals surface area contributed by atoms with E-state index in [2.05, 4.69) is 29.4 Å². The van der Waals surface area contributed by atoms with Crippen LogP contribution in [0.15, 0.2) is 30.3 Å². The van der Waals surface area contributed by atoms with Gasteiger partial charge in [0.25, 0.3) is 0 Å². The number of aromatic nitrogens is 1. The quantitative estimate of drug-likeness (QED) is 0.646. The van der Waals surface area contributed by atoms with Crippen molar-refractivity contribution in [2.24, 2.45) is 0 Å². The Hall–Kier alpha value is -1.28. The number of para-hydroxylation sites is 1. The fraction of sp³-hybridized carbons (Fsp3) is 0.308. The Kier molecular flexibility index (Phi) is 3.62. The summed E-state index contributed by atoms with van der Waals surface area (Å²) >= 11 is 5.64. The molecule has 2 nitrogen and oxygen atoms in total. The number of hydrogen-bond donors (Lipinski definition) is 1. The van der Waals surface area contributed by atoms with Gasteiger partial charge in [0.2, 0.25) is 0 Å². The summed E-state index contributed by atoms with van der Waals surface area (Å²) in [6.45, 7) is 2.94. The molecular formula is C13H15ClN2. The SMILES string of the molecule is Cc1cc2ccccc2nc1NCCCCl. The summed E-state index contributed by atoms with van der Waals surface area (Å²) < 4.78 is 0. The smallest absolute Gasteiger partial charge is 0.129 e. The molecule has 0 aliphatic rings. The van der Waals surface area contributed by atoms with E-state index in [0.29, 0.717) is 5.88 Å². The fourth-order valence-electron chi connectivity index (χ4n) is 1.67. The molecule has 0 bridgehead atoms. The molecule has 3 heteroatoms. The lowest BCUT2D eigenvalue weighted by atomic mass is 10.1. The minimum absolute atomic E-state index is 0.680. The normalized spacial score (nSPS) is 10.6. The Labute approximate surface area is 101 Å². The number of nitrogens with one attached hydrogen (secondary N) is 1. The first-order valence-electron chi connectivity index (χ1n) is 5.47. The Morgan fingerprint density at radius 2 is 2.12 bits per heavy atom. The zero-order chi connectivity index (χ0) is 11.4. The molecule has 0 spiro atoms. The maximum absolute atomic E-state index is 5.64. The van der Waals surface area contributed by atoms with Crippen LogP contribution in [-0.2, 0) is 0 Å². The minimum atomic E-state index is 0.680. The lowest BCUT2D eigenvalue weighted by Crippen LogP contribution is -2.05. The summed E-state index contributed by atoms with van der Waals surface area (Å²) in [6.07, 6.45) is 0.954. The van der Waals surface area contributed by atoms with E-state index < -0.39 is 0 Å². The second-order valence-corrected chi connectivity index (χ2v) is 4.19. The van der Waals surface area contributed by atoms with Gasteiger partial charge in [-0.1, -0.05) is 18.2 Å². The van der Waals surface area contributed by atoms with E-state index in [4.69, 9.17) is 11.6 Å². The van der Waals surface area contributed by atoms with Crippen LogP contribution in [0, 0.1) is 6.92 Å². The maximum atomic E-state index is 5.64. The molecule has 0 atom stereocenters. The Bertz CT molecular complexity index is 482. The third-order valence-corrected chi connectivity index (χ3v) is 2.78. The number of rotatable bonds is 4. The van der Waals surface area contributed by atoms with E-state index in [0.717, 1.165) is 24.3 Å². The fourth-order valence-corrected chi connectivity index (χ4v) is 1.81. The second kappa shape index (κ2) is 5.17. The summed E-state index contributed by atoms with van der Waals surface area (Å²) in [5.74, 6) is 1.64. The molecule has 0 unspecified atom stereocenters. The summed E-state index contributed by atoms with van der Waals surface area (Å²) in [5, 5.41) is 4.49. The van der Waals surface area contributed by atoms with Crippen molar-refractivity contribution in [3.63, 3.8) is 0 Å². The highest BCUT2D eigenvalue weighted by molar-refractivity contribution is 6.17. The van der Waals surface area contributed by atoms with Crippen molar-refractivity contribution in [3.05, 3.63) is 35.9 Å². The van der Waals surface area contributed by atoms with Crippen LogP contribution in [-0.4, -0.2) is 17.4 Å². The zero-order valence-corrected chi connectivity index (χ0v) is 10.1. The highest BCUT2D eigenvalue weighted by atomic mass is 35.5. The van der Waals surface area contributed by atoms with Crippen molar-refractivity contribution in [1.82, 2.24) is 4.98 Å². The predicted molar refractivity (Wildman–Crippen MR) is 70.3 cm³/mol. The molecule has 1 aromatic carbocycles. The lowest BCUT2D eigenvalue weighted by Gasteiger charge is -2.09. The number of alkyl halides is 1. The zero-order valence-electron chi connectivity index (χ0n) is 9.33. The molecule has 0 saturated heterocycles. The summed E-state index contributed by atoms with van der Waals surface area (Å²) in [4.78, 5) is 4.59. The van der Waals surface area contributed by atoms with Gasteiger partial charge in [0.1, 0.15) is 5.82 Å². The van der Waals surface area contributed by atoms with E-state index >= 15 is 0 Å². The van der Waals surface area contributed by atoms with Crippen molar-refractivity contribution < 1.29 is 0 Å². The maximum Gasteiger partial charge on any atom is 0.129 e. The van der Waals surface area contributed by atoms with Crippen molar-refractivity contribution >= 4 is 28.3 Å². The largest absolute Gasteiger partial charge is 0.370 e. The first-order chi connectivity index (χ1) is 7.81. The van der Waals surface area contributed by atoms with Crippen LogP contribution in [0.3, 0.4) is 0 Å². The molecule has 1 N–H and O–H groups in total. The molecule has 1 aromatic heterocycles. The van der Waals surface area contributed by atoms with Gasteiger partial charge in [-0.25, -0.2) is 4.98 Å². The number of hydrogen-bond acceptors (Lipinski definition) is 2. The van der Waals surface area contributed by atoms with E-state index in [9.17, 15) is 0 Å². The number of aryl methyl sites for hydroxylation is 1. The molecule has 84 valence electrons. The molecule has 0 radical (unpaired) electrons. The van der Waals surface area contributed by atoms with Crippen LogP contribution in [0.25, 0.3) is 10.9 Å². The first kappa shape index (κ1) is 11.2. The number of fused-ring (bicyclic) bond motifs is 1. The molecule has 2 rings (SSSR count). The third-order valence-electron chi connectivity index (χ3n) is 2.52. The molecule has 0 aliphatic heterocycles. The van der Waals surface area contributed by atoms with Crippen molar-refractivity contribution in [1.29, 1.82) is 0 Å². The van der Waals surface area contributed by atoms with Crippen LogP contribution in [0.2, 0.25) is 0 Å². The van der Waals surface area contributed by atoms with Crippen molar-refractivity contribution in [2.45, 2.75) is 13.3 Å². The monoisotopic (exact) mass is 234 g/mol. The van der Waals surface area contributed by atoms with E-state index in [1.165, 1.54) is 10.9 Å². The standard InChI is InChI=1S/C13H15ClN2/c1-10-9-11-5-2-3-6-12(11)16-13(10)15-8-4-7-14/h2-3,5-6,9H,4,7-8H2,1H3,(H,15,16). The third kappa shape index (κ3) is 2.45. The number of nitrogens with zero attached hydrogens (tertiary/aromatic N) is 1. The average Bonchev–Trinajstić information content (AvgIpc) is 2.30. The van der Waals surface area contributed by atoms with Crippen LogP contribution in [0.5, 0.6) is 0 Å². The van der Waals surface area contributed by atoms with Gasteiger partial charge in [0.05, 0.1) is 5.52 Å². The Morgan fingerprint density at radius 1 is 1.31 bits per heavy atom. The van der Waals surface area contributed by atoms with Crippen molar-refractivity contribution in [3.8, 4) is 0 Å². The van der Waals surface area contributed by atoms with Gasteiger partial charge in [-0.05, 0) is 31.0 Å². The molecule has 0 saturated carbocycles. The Morgan fingerprint density at radius 3 is 2.94 bits per heavy atom. The second-order valence-electron chi connectivity index (χ2n) is 3.82. The highest BCUT2D eigenvalue weighted by Gasteiger charge is 2.01. The molecule has 0 amide bonds. The predicted octanol–water partition coefficient (Wildman–Crippen LogP) is 3.58. The summed E-state index contributed by atoms with van der Waals surface area (Å²) in [6, 6.07) is 10.3. The lowest BCUT2D eigenvalue weighted by molar-refractivity contribution is 0.975. The molecule has 2 aromatic rings. The molecular weight excluding hydrogens is 220 g/mol. The molecule has 0 fully saturated rings. The van der Waals surface area contributed by atoms with Crippen LogP contribution < -0.4 is 5.32 Å². The molecule has 1 heterocycles. The summed E-state index contributed by atoms with van der Waals surface area (Å²) in [5.41, 5.74) is 2.20. The van der Waals surface area contributed by atoms with Gasteiger partial charge in [0, 0.05) is 17.8 Å². The van der Waals surface area contributed by atoms with E-state index in [1.807, 2.05) is 18.2 Å². The van der Waals surface area contributed by atoms with Gasteiger partial charge < -0.3 is 5.32 Å². The van der Waals surface area contributed by atoms with Gasteiger partial charge in [-0.15, -0.1) is 11.6 Å². The van der Waals surface area contributed by atoms with Crippen LogP contribution in [0.4, 0.5) is 5.82 Å². The average molecular weight is 235 g/mol. The number of benzene rings is 1. The van der Waals surface area contributed by atoms with E-state index in [-0.39, 0.29) is 0 Å². The topological polar surface area (TPSA) is 24.9 Å². The highest BCUT2D eigenvalue weighted by Crippen LogP contribution is 2.19. The number of pyridine rings is 1. The molecule has 16 heavy (non-hydrogen) atoms. The number of anilines is 1. The Balaban J connectivity index is 2.27. The van der Waals surface area contributed by atoms with E-state index in [1.54, 1.807) is 0 Å². The van der Waals surface area contributed by atoms with Gasteiger partial charge in [0.15, 0.2) is 0 Å². The first-order valence-corrected chi connectivity index (χ1v) is 6.01. The number of halogens is 1. The van der Waals surface area contributed by atoms with Gasteiger partial charge >= 0.3 is 0 Å². The minimum Gasteiger partial charge on any atom is -0.370 e. The summed E-state index contributed by atoms with van der Waals surface area (Å²) in [7, 11) is 0. The van der Waals surface area contributed by atoms with Crippen LogP contribution in [0.1, 0.15) is 12.0 Å².